The topological polar surface area (TPSA) is 90.7 Å². The average Bonchev–Trinajstić information content (AvgIpc) is 3.27. The van der Waals surface area contributed by atoms with Crippen molar-refractivity contribution in [2.75, 3.05) is 20.8 Å². The van der Waals surface area contributed by atoms with Crippen molar-refractivity contribution in [2.24, 2.45) is 0 Å². The van der Waals surface area contributed by atoms with E-state index in [1.54, 1.807) is 32.1 Å². The molecule has 0 bridgehead atoms. The van der Waals surface area contributed by atoms with Gasteiger partial charge in [0.05, 0.1) is 25.4 Å². The van der Waals surface area contributed by atoms with Crippen LogP contribution in [0.25, 0.3) is 11.0 Å². The highest BCUT2D eigenvalue weighted by Crippen LogP contribution is 2.45. The Bertz CT molecular complexity index is 938. The highest BCUT2D eigenvalue weighted by Gasteiger charge is 2.52. The molecular weight excluding hydrogens is 364 g/mol. The fraction of sp³-hybridized carbons (Fsp3) is 0.476. The zero-order chi connectivity index (χ0) is 20.5. The molecule has 1 saturated heterocycles. The summed E-state index contributed by atoms with van der Waals surface area (Å²) in [4.78, 5) is 11.6. The SMILES string of the molecule is COc1cc2ccc(=O)oc2c(OC)c1OC[C@H]1O[C@]1(C)C/C=C/C(C)(C)O. The third-order valence-electron chi connectivity index (χ3n) is 4.67. The minimum atomic E-state index is -0.854. The van der Waals surface area contributed by atoms with Crippen molar-refractivity contribution in [1.29, 1.82) is 0 Å². The number of hydrogen-bond donors (Lipinski definition) is 1. The van der Waals surface area contributed by atoms with Gasteiger partial charge in [0.15, 0.2) is 11.3 Å². The minimum absolute atomic E-state index is 0.119. The van der Waals surface area contributed by atoms with E-state index in [1.165, 1.54) is 20.3 Å². The molecule has 7 heteroatoms. The highest BCUT2D eigenvalue weighted by molar-refractivity contribution is 5.88. The molecule has 0 amide bonds. The second-order valence-corrected chi connectivity index (χ2v) is 7.60. The summed E-state index contributed by atoms with van der Waals surface area (Å²) in [6, 6.07) is 4.72. The van der Waals surface area contributed by atoms with Crippen LogP contribution < -0.4 is 19.8 Å². The molecule has 1 aromatic heterocycles. The van der Waals surface area contributed by atoms with E-state index >= 15 is 0 Å². The maximum atomic E-state index is 11.6. The van der Waals surface area contributed by atoms with Crippen molar-refractivity contribution in [3.05, 3.63) is 40.8 Å². The van der Waals surface area contributed by atoms with Crippen LogP contribution in [0.2, 0.25) is 0 Å². The number of benzene rings is 1. The smallest absolute Gasteiger partial charge is 0.336 e. The summed E-state index contributed by atoms with van der Waals surface area (Å²) >= 11 is 0. The number of methoxy groups -OCH3 is 2. The molecule has 7 nitrogen and oxygen atoms in total. The first-order valence-corrected chi connectivity index (χ1v) is 9.06. The Labute approximate surface area is 163 Å². The van der Waals surface area contributed by atoms with Crippen LogP contribution in [0, 0.1) is 0 Å². The first-order valence-electron chi connectivity index (χ1n) is 9.06. The molecule has 3 rings (SSSR count). The van der Waals surface area contributed by atoms with Gasteiger partial charge in [-0.1, -0.05) is 12.2 Å². The normalized spacial score (nSPS) is 21.9. The third kappa shape index (κ3) is 4.31. The quantitative estimate of drug-likeness (QED) is 0.421. The van der Waals surface area contributed by atoms with E-state index in [1.807, 2.05) is 13.0 Å². The molecule has 28 heavy (non-hydrogen) atoms. The summed E-state index contributed by atoms with van der Waals surface area (Å²) in [6.07, 6.45) is 4.19. The number of fused-ring (bicyclic) bond motifs is 1. The molecule has 0 spiro atoms. The monoisotopic (exact) mass is 390 g/mol. The molecule has 152 valence electrons. The predicted molar refractivity (Wildman–Crippen MR) is 104 cm³/mol. The van der Waals surface area contributed by atoms with Crippen LogP contribution in [-0.2, 0) is 4.74 Å². The molecule has 0 radical (unpaired) electrons. The summed E-state index contributed by atoms with van der Waals surface area (Å²) in [5.74, 6) is 1.13. The lowest BCUT2D eigenvalue weighted by atomic mass is 10.0. The van der Waals surface area contributed by atoms with Gasteiger partial charge in [-0.3, -0.25) is 0 Å². The van der Waals surface area contributed by atoms with E-state index < -0.39 is 11.2 Å². The largest absolute Gasteiger partial charge is 0.493 e. The molecule has 0 aliphatic carbocycles. The van der Waals surface area contributed by atoms with Crippen LogP contribution in [-0.4, -0.2) is 43.2 Å². The van der Waals surface area contributed by atoms with Crippen molar-refractivity contribution in [3.63, 3.8) is 0 Å². The molecule has 1 N–H and O–H groups in total. The van der Waals surface area contributed by atoms with E-state index in [2.05, 4.69) is 0 Å². The summed E-state index contributed by atoms with van der Waals surface area (Å²) in [5, 5.41) is 10.4. The highest BCUT2D eigenvalue weighted by atomic mass is 16.6. The number of ether oxygens (including phenoxy) is 4. The van der Waals surface area contributed by atoms with Gasteiger partial charge >= 0.3 is 5.63 Å². The van der Waals surface area contributed by atoms with Crippen LogP contribution in [0.4, 0.5) is 0 Å². The molecule has 1 aliphatic heterocycles. The second kappa shape index (κ2) is 7.48. The molecule has 1 aliphatic rings. The van der Waals surface area contributed by atoms with Crippen LogP contribution in [0.3, 0.4) is 0 Å². The molecule has 1 aromatic carbocycles. The molecule has 2 heterocycles. The fourth-order valence-electron chi connectivity index (χ4n) is 3.03. The van der Waals surface area contributed by atoms with Gasteiger partial charge in [0.2, 0.25) is 11.5 Å². The van der Waals surface area contributed by atoms with Crippen molar-refractivity contribution in [2.45, 2.75) is 44.5 Å². The Morgan fingerprint density at radius 2 is 2.00 bits per heavy atom. The van der Waals surface area contributed by atoms with Crippen molar-refractivity contribution in [3.8, 4) is 17.2 Å². The van der Waals surface area contributed by atoms with Gasteiger partial charge < -0.3 is 28.5 Å². The van der Waals surface area contributed by atoms with E-state index in [-0.39, 0.29) is 18.3 Å². The average molecular weight is 390 g/mol. The molecule has 1 fully saturated rings. The van der Waals surface area contributed by atoms with Crippen molar-refractivity contribution in [1.82, 2.24) is 0 Å². The van der Waals surface area contributed by atoms with Crippen molar-refractivity contribution >= 4 is 11.0 Å². The minimum Gasteiger partial charge on any atom is -0.493 e. The summed E-state index contributed by atoms with van der Waals surface area (Å²) in [6.45, 7) is 5.71. The predicted octanol–water partition coefficient (Wildman–Crippen LogP) is 3.06. The van der Waals surface area contributed by atoms with Gasteiger partial charge in [0.25, 0.3) is 0 Å². The van der Waals surface area contributed by atoms with Crippen LogP contribution >= 0.6 is 0 Å². The maximum absolute atomic E-state index is 11.6. The van der Waals surface area contributed by atoms with Gasteiger partial charge in [0, 0.05) is 11.5 Å². The lowest BCUT2D eigenvalue weighted by molar-refractivity contribution is 0.132. The Balaban J connectivity index is 1.78. The van der Waals surface area contributed by atoms with Gasteiger partial charge in [-0.05, 0) is 39.3 Å². The Kier molecular flexibility index (Phi) is 5.41. The van der Waals surface area contributed by atoms with E-state index in [4.69, 9.17) is 23.4 Å². The summed E-state index contributed by atoms with van der Waals surface area (Å²) in [5.41, 5.74) is -1.38. The standard InChI is InChI=1S/C21H26O7/c1-20(2,23)9-6-10-21(3)15(28-21)12-26-18-14(24-4)11-13-7-8-16(22)27-17(13)19(18)25-5/h6-9,11,15,23H,10,12H2,1-5H3/b9-6+/t15-,21-/m1/s1. The van der Waals surface area contributed by atoms with E-state index in [9.17, 15) is 9.90 Å². The van der Waals surface area contributed by atoms with Gasteiger partial charge in [0.1, 0.15) is 12.7 Å². The first-order chi connectivity index (χ1) is 13.2. The number of rotatable bonds is 8. The second-order valence-electron chi connectivity index (χ2n) is 7.60. The van der Waals surface area contributed by atoms with E-state index in [0.29, 0.717) is 34.6 Å². The maximum Gasteiger partial charge on any atom is 0.336 e. The number of epoxide rings is 1. The first kappa shape index (κ1) is 20.2. The number of hydrogen-bond acceptors (Lipinski definition) is 7. The van der Waals surface area contributed by atoms with E-state index in [0.717, 1.165) is 0 Å². The zero-order valence-corrected chi connectivity index (χ0v) is 16.8. The summed E-state index contributed by atoms with van der Waals surface area (Å²) < 4.78 is 27.9. The molecule has 0 saturated carbocycles. The lowest BCUT2D eigenvalue weighted by Gasteiger charge is -2.15. The van der Waals surface area contributed by atoms with Crippen molar-refractivity contribution < 1.29 is 28.5 Å². The Morgan fingerprint density at radius 3 is 2.64 bits per heavy atom. The molecule has 0 unspecified atom stereocenters. The van der Waals surface area contributed by atoms with Crippen LogP contribution in [0.1, 0.15) is 27.2 Å². The van der Waals surface area contributed by atoms with Gasteiger partial charge in [-0.2, -0.15) is 0 Å². The Hall–Kier alpha value is -2.51. The third-order valence-corrected chi connectivity index (χ3v) is 4.67. The number of aliphatic hydroxyl groups is 1. The van der Waals surface area contributed by atoms with Crippen LogP contribution in [0.15, 0.2) is 39.6 Å². The molecule has 2 aromatic rings. The zero-order valence-electron chi connectivity index (χ0n) is 16.8. The van der Waals surface area contributed by atoms with Gasteiger partial charge in [-0.15, -0.1) is 0 Å². The Morgan fingerprint density at radius 1 is 1.25 bits per heavy atom. The molecule has 2 atom stereocenters. The molecular formula is C21H26O7. The lowest BCUT2D eigenvalue weighted by Crippen LogP contribution is -2.17. The van der Waals surface area contributed by atoms with Crippen LogP contribution in [0.5, 0.6) is 17.2 Å². The van der Waals surface area contributed by atoms with Gasteiger partial charge in [-0.25, -0.2) is 4.79 Å². The fourth-order valence-corrected chi connectivity index (χ4v) is 3.03. The summed E-state index contributed by atoms with van der Waals surface area (Å²) in [7, 11) is 3.01.